The number of nitrogens with zero attached hydrogens (tertiary/aromatic N) is 6. The first-order valence-corrected chi connectivity index (χ1v) is 10.7. The third-order valence-corrected chi connectivity index (χ3v) is 5.67. The Hall–Kier alpha value is -3.17. The summed E-state index contributed by atoms with van der Waals surface area (Å²) in [5.74, 6) is 2.49. The molecule has 0 amide bonds. The number of ether oxygens (including phenoxy) is 1. The van der Waals surface area contributed by atoms with Gasteiger partial charge in [0.25, 0.3) is 5.89 Å². The molecule has 0 bridgehead atoms. The van der Waals surface area contributed by atoms with Crippen LogP contribution >= 0.6 is 11.8 Å². The molecule has 30 heavy (non-hydrogen) atoms. The van der Waals surface area contributed by atoms with Crippen LogP contribution in [0.5, 0.6) is 0 Å². The summed E-state index contributed by atoms with van der Waals surface area (Å²) in [5, 5.41) is 13.8. The standard InChI is InChI=1S/C21H20N6O2S/c1-3-7-16(8-4-1)19-22-18(25-29-19)15-30-21-24-23-20(26-11-13-28-14-12-26)27(21)17-9-5-2-6-10-17/h1-10H,11-15H2. The first kappa shape index (κ1) is 18.8. The van der Waals surface area contributed by atoms with Crippen molar-refractivity contribution >= 4 is 17.7 Å². The Morgan fingerprint density at radius 1 is 0.900 bits per heavy atom. The van der Waals surface area contributed by atoms with Gasteiger partial charge in [-0.15, -0.1) is 10.2 Å². The van der Waals surface area contributed by atoms with Crippen molar-refractivity contribution in [2.24, 2.45) is 0 Å². The number of benzene rings is 2. The lowest BCUT2D eigenvalue weighted by Gasteiger charge is -2.27. The molecule has 152 valence electrons. The van der Waals surface area contributed by atoms with Crippen molar-refractivity contribution in [2.45, 2.75) is 10.9 Å². The number of hydrogen-bond acceptors (Lipinski definition) is 8. The molecule has 0 aliphatic carbocycles. The molecule has 4 aromatic rings. The van der Waals surface area contributed by atoms with E-state index in [1.807, 2.05) is 48.5 Å². The second kappa shape index (κ2) is 8.68. The van der Waals surface area contributed by atoms with Crippen LogP contribution in [0.25, 0.3) is 17.1 Å². The van der Waals surface area contributed by atoms with E-state index < -0.39 is 0 Å². The van der Waals surface area contributed by atoms with Gasteiger partial charge in [0.05, 0.1) is 24.7 Å². The number of morpholine rings is 1. The molecule has 3 heterocycles. The lowest BCUT2D eigenvalue weighted by atomic mass is 10.2. The molecule has 0 radical (unpaired) electrons. The van der Waals surface area contributed by atoms with Gasteiger partial charge >= 0.3 is 0 Å². The highest BCUT2D eigenvalue weighted by atomic mass is 32.2. The van der Waals surface area contributed by atoms with Gasteiger partial charge in [0.1, 0.15) is 0 Å². The Balaban J connectivity index is 1.39. The Bertz CT molecular complexity index is 1090. The van der Waals surface area contributed by atoms with Gasteiger partial charge in [0, 0.05) is 18.7 Å². The van der Waals surface area contributed by atoms with Crippen LogP contribution in [-0.4, -0.2) is 51.2 Å². The summed E-state index contributed by atoms with van der Waals surface area (Å²) in [7, 11) is 0. The van der Waals surface area contributed by atoms with Crippen LogP contribution < -0.4 is 4.90 Å². The summed E-state index contributed by atoms with van der Waals surface area (Å²) in [6.07, 6.45) is 0. The highest BCUT2D eigenvalue weighted by Crippen LogP contribution is 2.29. The number of rotatable bonds is 6. The average Bonchev–Trinajstić information content (AvgIpc) is 3.47. The lowest BCUT2D eigenvalue weighted by molar-refractivity contribution is 0.122. The van der Waals surface area contributed by atoms with E-state index in [-0.39, 0.29) is 0 Å². The minimum atomic E-state index is 0.518. The van der Waals surface area contributed by atoms with Crippen molar-refractivity contribution in [2.75, 3.05) is 31.2 Å². The van der Waals surface area contributed by atoms with Crippen molar-refractivity contribution in [3.05, 3.63) is 66.5 Å². The van der Waals surface area contributed by atoms with E-state index in [9.17, 15) is 0 Å². The highest BCUT2D eigenvalue weighted by molar-refractivity contribution is 7.98. The average molecular weight is 420 g/mol. The number of para-hydroxylation sites is 1. The first-order chi connectivity index (χ1) is 14.9. The van der Waals surface area contributed by atoms with Crippen LogP contribution in [-0.2, 0) is 10.5 Å². The van der Waals surface area contributed by atoms with Gasteiger partial charge in [-0.05, 0) is 24.3 Å². The normalized spacial score (nSPS) is 14.2. The van der Waals surface area contributed by atoms with Gasteiger partial charge in [-0.1, -0.05) is 53.3 Å². The lowest BCUT2D eigenvalue weighted by Crippen LogP contribution is -2.37. The molecule has 1 aliphatic rings. The van der Waals surface area contributed by atoms with Crippen LogP contribution in [0.4, 0.5) is 5.95 Å². The van der Waals surface area contributed by atoms with E-state index >= 15 is 0 Å². The van der Waals surface area contributed by atoms with E-state index in [1.54, 1.807) is 0 Å². The third-order valence-electron chi connectivity index (χ3n) is 4.74. The fourth-order valence-electron chi connectivity index (χ4n) is 3.27. The fraction of sp³-hybridized carbons (Fsp3) is 0.238. The third kappa shape index (κ3) is 3.94. The summed E-state index contributed by atoms with van der Waals surface area (Å²) >= 11 is 1.53. The zero-order chi connectivity index (χ0) is 20.2. The number of anilines is 1. The van der Waals surface area contributed by atoms with Crippen LogP contribution in [0, 0.1) is 0 Å². The van der Waals surface area contributed by atoms with Crippen molar-refractivity contribution in [1.82, 2.24) is 24.9 Å². The van der Waals surface area contributed by atoms with Crippen LogP contribution in [0.1, 0.15) is 5.82 Å². The molecular formula is C21H20N6O2S. The molecule has 0 saturated carbocycles. The van der Waals surface area contributed by atoms with Crippen LogP contribution in [0.3, 0.4) is 0 Å². The van der Waals surface area contributed by atoms with Gasteiger partial charge in [-0.25, -0.2) is 0 Å². The predicted octanol–water partition coefficient (Wildman–Crippen LogP) is 3.45. The Morgan fingerprint density at radius 3 is 2.40 bits per heavy atom. The molecule has 9 heteroatoms. The second-order valence-electron chi connectivity index (χ2n) is 6.72. The topological polar surface area (TPSA) is 82.1 Å². The zero-order valence-corrected chi connectivity index (χ0v) is 17.0. The molecule has 1 aliphatic heterocycles. The van der Waals surface area contributed by atoms with Crippen molar-refractivity contribution in [1.29, 1.82) is 0 Å². The quantitative estimate of drug-likeness (QED) is 0.439. The summed E-state index contributed by atoms with van der Waals surface area (Å²) < 4.78 is 13.0. The number of hydrogen-bond donors (Lipinski definition) is 0. The van der Waals surface area contributed by atoms with E-state index in [0.29, 0.717) is 30.7 Å². The number of aromatic nitrogens is 5. The Morgan fingerprint density at radius 2 is 1.63 bits per heavy atom. The van der Waals surface area contributed by atoms with Gasteiger partial charge in [-0.3, -0.25) is 4.57 Å². The minimum absolute atomic E-state index is 0.518. The second-order valence-corrected chi connectivity index (χ2v) is 7.67. The zero-order valence-electron chi connectivity index (χ0n) is 16.2. The maximum absolute atomic E-state index is 5.49. The van der Waals surface area contributed by atoms with E-state index in [0.717, 1.165) is 35.4 Å². The molecule has 8 nitrogen and oxygen atoms in total. The molecule has 1 saturated heterocycles. The minimum Gasteiger partial charge on any atom is -0.378 e. The van der Waals surface area contributed by atoms with Crippen molar-refractivity contribution < 1.29 is 9.26 Å². The van der Waals surface area contributed by atoms with Crippen LogP contribution in [0.15, 0.2) is 70.3 Å². The summed E-state index contributed by atoms with van der Waals surface area (Å²) in [4.78, 5) is 6.72. The smallest absolute Gasteiger partial charge is 0.257 e. The molecule has 2 aromatic carbocycles. The molecular weight excluding hydrogens is 400 g/mol. The van der Waals surface area contributed by atoms with E-state index in [4.69, 9.17) is 9.26 Å². The predicted molar refractivity (Wildman–Crippen MR) is 114 cm³/mol. The molecule has 0 spiro atoms. The number of thioether (sulfide) groups is 1. The molecule has 5 rings (SSSR count). The molecule has 0 unspecified atom stereocenters. The monoisotopic (exact) mass is 420 g/mol. The largest absolute Gasteiger partial charge is 0.378 e. The maximum atomic E-state index is 5.49. The van der Waals surface area contributed by atoms with Crippen molar-refractivity contribution in [3.63, 3.8) is 0 Å². The molecule has 2 aromatic heterocycles. The van der Waals surface area contributed by atoms with Gasteiger partial charge in [0.15, 0.2) is 11.0 Å². The first-order valence-electron chi connectivity index (χ1n) is 9.73. The SMILES string of the molecule is c1ccc(-c2nc(CSc3nnc(N4CCOCC4)n3-c3ccccc3)no2)cc1. The maximum Gasteiger partial charge on any atom is 0.257 e. The van der Waals surface area contributed by atoms with E-state index in [2.05, 4.69) is 41.9 Å². The highest BCUT2D eigenvalue weighted by Gasteiger charge is 2.22. The Kier molecular flexibility index (Phi) is 5.45. The molecule has 0 atom stereocenters. The van der Waals surface area contributed by atoms with Gasteiger partial charge < -0.3 is 14.2 Å². The summed E-state index contributed by atoms with van der Waals surface area (Å²) in [5.41, 5.74) is 1.92. The van der Waals surface area contributed by atoms with E-state index in [1.165, 1.54) is 11.8 Å². The summed E-state index contributed by atoms with van der Waals surface area (Å²) in [6.45, 7) is 2.96. The Labute approximate surface area is 177 Å². The molecule has 0 N–H and O–H groups in total. The van der Waals surface area contributed by atoms with Crippen LogP contribution in [0.2, 0.25) is 0 Å². The van der Waals surface area contributed by atoms with Gasteiger partial charge in [-0.2, -0.15) is 4.98 Å². The van der Waals surface area contributed by atoms with Gasteiger partial charge in [0.2, 0.25) is 5.95 Å². The van der Waals surface area contributed by atoms with Crippen molar-refractivity contribution in [3.8, 4) is 17.1 Å². The fourth-order valence-corrected chi connectivity index (χ4v) is 4.06. The molecule has 1 fully saturated rings. The summed E-state index contributed by atoms with van der Waals surface area (Å²) in [6, 6.07) is 19.9.